The van der Waals surface area contributed by atoms with Crippen molar-refractivity contribution in [3.8, 4) is 28.7 Å². The van der Waals surface area contributed by atoms with Gasteiger partial charge < -0.3 is 14.8 Å². The average molecular weight is 323 g/mol. The van der Waals surface area contributed by atoms with E-state index in [4.69, 9.17) is 9.47 Å². The summed E-state index contributed by atoms with van der Waals surface area (Å²) in [6, 6.07) is 8.12. The third-order valence-corrected chi connectivity index (χ3v) is 4.49. The van der Waals surface area contributed by atoms with Crippen LogP contribution in [0.1, 0.15) is 29.7 Å². The van der Waals surface area contributed by atoms with Crippen LogP contribution in [-0.4, -0.2) is 26.3 Å². The number of fused-ring (bicyclic) bond motifs is 1. The molecule has 2 aromatic rings. The number of nitrogens with one attached hydrogen (secondary N) is 1. The molecule has 0 amide bonds. The van der Waals surface area contributed by atoms with Crippen molar-refractivity contribution in [1.29, 1.82) is 5.26 Å². The first-order valence-electron chi connectivity index (χ1n) is 8.09. The normalized spacial score (nSPS) is 12.9. The second-order valence-electron chi connectivity index (χ2n) is 5.77. The highest BCUT2D eigenvalue weighted by Gasteiger charge is 2.23. The van der Waals surface area contributed by atoms with Crippen molar-refractivity contribution in [2.45, 2.75) is 25.7 Å². The lowest BCUT2D eigenvalue weighted by molar-refractivity contribution is 0.355. The Morgan fingerprint density at radius 1 is 1.12 bits per heavy atom. The quantitative estimate of drug-likeness (QED) is 0.932. The van der Waals surface area contributed by atoms with Crippen LogP contribution in [0, 0.1) is 11.3 Å². The molecule has 0 unspecified atom stereocenters. The monoisotopic (exact) mass is 323 g/mol. The third-order valence-electron chi connectivity index (χ3n) is 4.49. The first-order valence-corrected chi connectivity index (χ1v) is 8.09. The van der Waals surface area contributed by atoms with Gasteiger partial charge in [0.25, 0.3) is 0 Å². The second-order valence-corrected chi connectivity index (χ2v) is 5.77. The highest BCUT2D eigenvalue weighted by Crippen LogP contribution is 2.39. The van der Waals surface area contributed by atoms with Crippen LogP contribution in [0.3, 0.4) is 0 Å². The summed E-state index contributed by atoms with van der Waals surface area (Å²) in [5, 5.41) is 12.8. The number of aryl methyl sites for hydroxylation is 1. The van der Waals surface area contributed by atoms with Crippen molar-refractivity contribution in [3.05, 3.63) is 35.0 Å². The van der Waals surface area contributed by atoms with Crippen molar-refractivity contribution >= 4 is 5.82 Å². The Hall–Kier alpha value is -2.74. The Morgan fingerprint density at radius 2 is 1.88 bits per heavy atom. The zero-order valence-corrected chi connectivity index (χ0v) is 14.3. The van der Waals surface area contributed by atoms with E-state index in [0.29, 0.717) is 22.9 Å². The molecule has 3 rings (SSSR count). The minimum absolute atomic E-state index is 0.588. The van der Waals surface area contributed by atoms with Crippen molar-refractivity contribution in [2.75, 3.05) is 26.6 Å². The largest absolute Gasteiger partial charge is 0.493 e. The molecule has 0 spiro atoms. The van der Waals surface area contributed by atoms with Gasteiger partial charge in [0.1, 0.15) is 17.5 Å². The molecule has 1 aliphatic carbocycles. The molecule has 0 atom stereocenters. The number of methoxy groups -OCH3 is 2. The lowest BCUT2D eigenvalue weighted by Crippen LogP contribution is -2.12. The van der Waals surface area contributed by atoms with E-state index in [9.17, 15) is 5.26 Å². The Balaban J connectivity index is 2.28. The van der Waals surface area contributed by atoms with Crippen molar-refractivity contribution in [2.24, 2.45) is 0 Å². The summed E-state index contributed by atoms with van der Waals surface area (Å²) in [5.74, 6) is 1.98. The van der Waals surface area contributed by atoms with Crippen LogP contribution >= 0.6 is 0 Å². The van der Waals surface area contributed by atoms with E-state index in [-0.39, 0.29) is 0 Å². The number of hydrogen-bond donors (Lipinski definition) is 1. The smallest absolute Gasteiger partial charge is 0.161 e. The molecule has 1 aromatic heterocycles. The van der Waals surface area contributed by atoms with Crippen molar-refractivity contribution in [1.82, 2.24) is 4.98 Å². The van der Waals surface area contributed by atoms with E-state index in [0.717, 1.165) is 42.5 Å². The summed E-state index contributed by atoms with van der Waals surface area (Å²) >= 11 is 0. The molecule has 5 heteroatoms. The van der Waals surface area contributed by atoms with Crippen LogP contribution in [0.2, 0.25) is 0 Å². The van der Waals surface area contributed by atoms with Gasteiger partial charge in [-0.25, -0.2) is 4.98 Å². The number of benzene rings is 1. The summed E-state index contributed by atoms with van der Waals surface area (Å²) in [4.78, 5) is 4.68. The Bertz CT molecular complexity index is 809. The lowest BCUT2D eigenvalue weighted by atomic mass is 9.86. The number of aromatic nitrogens is 1. The van der Waals surface area contributed by atoms with Gasteiger partial charge in [-0.1, -0.05) is 6.07 Å². The maximum atomic E-state index is 9.73. The number of anilines is 1. The average Bonchev–Trinajstić information content (AvgIpc) is 2.65. The van der Waals surface area contributed by atoms with E-state index < -0.39 is 0 Å². The van der Waals surface area contributed by atoms with E-state index >= 15 is 0 Å². The van der Waals surface area contributed by atoms with Crippen LogP contribution in [0.4, 0.5) is 5.82 Å². The van der Waals surface area contributed by atoms with E-state index in [1.807, 2.05) is 18.2 Å². The van der Waals surface area contributed by atoms with Gasteiger partial charge in [-0.2, -0.15) is 5.26 Å². The molecule has 0 aliphatic heterocycles. The fourth-order valence-electron chi connectivity index (χ4n) is 3.34. The predicted octanol–water partition coefficient (Wildman–Crippen LogP) is 3.56. The molecule has 1 N–H and O–H groups in total. The Kier molecular flexibility index (Phi) is 4.57. The first-order chi connectivity index (χ1) is 11.7. The molecule has 1 aliphatic rings. The van der Waals surface area contributed by atoms with Gasteiger partial charge in [0, 0.05) is 18.3 Å². The van der Waals surface area contributed by atoms with Gasteiger partial charge in [-0.15, -0.1) is 0 Å². The Morgan fingerprint density at radius 3 is 2.54 bits per heavy atom. The van der Waals surface area contributed by atoms with Gasteiger partial charge in [0.05, 0.1) is 14.2 Å². The topological polar surface area (TPSA) is 67.2 Å². The third kappa shape index (κ3) is 2.65. The molecule has 0 saturated carbocycles. The first kappa shape index (κ1) is 16.1. The minimum Gasteiger partial charge on any atom is -0.493 e. The zero-order chi connectivity index (χ0) is 17.1. The summed E-state index contributed by atoms with van der Waals surface area (Å²) < 4.78 is 10.8. The van der Waals surface area contributed by atoms with E-state index in [1.54, 1.807) is 21.3 Å². The van der Waals surface area contributed by atoms with Gasteiger partial charge in [-0.05, 0) is 48.9 Å². The number of ether oxygens (including phenoxy) is 2. The van der Waals surface area contributed by atoms with Crippen LogP contribution in [0.25, 0.3) is 11.1 Å². The SMILES string of the molecule is CNc1nc2c(c(-c3ccc(OC)c(OC)c3)c1C#N)CCCC2. The molecule has 0 fully saturated rings. The number of rotatable bonds is 4. The molecule has 5 nitrogen and oxygen atoms in total. The van der Waals surface area contributed by atoms with Crippen LogP contribution in [0.15, 0.2) is 18.2 Å². The maximum absolute atomic E-state index is 9.73. The zero-order valence-electron chi connectivity index (χ0n) is 14.3. The second kappa shape index (κ2) is 6.79. The molecular weight excluding hydrogens is 302 g/mol. The molecule has 0 bridgehead atoms. The number of hydrogen-bond acceptors (Lipinski definition) is 5. The highest BCUT2D eigenvalue weighted by atomic mass is 16.5. The fourth-order valence-corrected chi connectivity index (χ4v) is 3.34. The summed E-state index contributed by atoms with van der Waals surface area (Å²) in [6.45, 7) is 0. The van der Waals surface area contributed by atoms with E-state index in [2.05, 4.69) is 16.4 Å². The number of nitrogens with zero attached hydrogens (tertiary/aromatic N) is 2. The van der Waals surface area contributed by atoms with Gasteiger partial charge in [0.15, 0.2) is 11.5 Å². The maximum Gasteiger partial charge on any atom is 0.161 e. The number of pyridine rings is 1. The van der Waals surface area contributed by atoms with Crippen LogP contribution < -0.4 is 14.8 Å². The standard InChI is InChI=1S/C19H21N3O2/c1-21-19-14(11-20)18(13-6-4-5-7-15(13)22-19)12-8-9-16(23-2)17(10-12)24-3/h8-10H,4-7H2,1-3H3,(H,21,22). The van der Waals surface area contributed by atoms with Gasteiger partial charge in [-0.3, -0.25) is 0 Å². The molecule has 1 heterocycles. The molecule has 0 saturated heterocycles. The van der Waals surface area contributed by atoms with Crippen molar-refractivity contribution < 1.29 is 9.47 Å². The van der Waals surface area contributed by atoms with Crippen LogP contribution in [0.5, 0.6) is 11.5 Å². The van der Waals surface area contributed by atoms with Crippen LogP contribution in [-0.2, 0) is 12.8 Å². The minimum atomic E-state index is 0.588. The number of nitriles is 1. The van der Waals surface area contributed by atoms with Gasteiger partial charge in [0.2, 0.25) is 0 Å². The summed E-state index contributed by atoms with van der Waals surface area (Å²) in [7, 11) is 5.04. The summed E-state index contributed by atoms with van der Waals surface area (Å²) in [6.07, 6.45) is 4.17. The van der Waals surface area contributed by atoms with Gasteiger partial charge >= 0.3 is 0 Å². The lowest BCUT2D eigenvalue weighted by Gasteiger charge is -2.22. The Labute approximate surface area is 142 Å². The molecule has 0 radical (unpaired) electrons. The highest BCUT2D eigenvalue weighted by molar-refractivity contribution is 5.81. The molecule has 124 valence electrons. The summed E-state index contributed by atoms with van der Waals surface area (Å²) in [5.41, 5.74) is 4.79. The molecule has 24 heavy (non-hydrogen) atoms. The van der Waals surface area contributed by atoms with Crippen molar-refractivity contribution in [3.63, 3.8) is 0 Å². The molecule has 1 aromatic carbocycles. The predicted molar refractivity (Wildman–Crippen MR) is 93.7 cm³/mol. The van der Waals surface area contributed by atoms with E-state index in [1.165, 1.54) is 5.56 Å². The fraction of sp³-hybridized carbons (Fsp3) is 0.368. The molecular formula is C19H21N3O2.